The molecular formula is C10H21N5OS. The Hall–Kier alpha value is -0.820. The van der Waals surface area contributed by atoms with Crippen LogP contribution in [0.25, 0.3) is 0 Å². The Kier molecular flexibility index (Phi) is 6.28. The lowest BCUT2D eigenvalue weighted by Gasteiger charge is -2.07. The van der Waals surface area contributed by atoms with Crippen molar-refractivity contribution in [2.75, 3.05) is 18.1 Å². The molecule has 7 heteroatoms. The van der Waals surface area contributed by atoms with Crippen LogP contribution in [-0.4, -0.2) is 42.5 Å². The van der Waals surface area contributed by atoms with Crippen molar-refractivity contribution < 1.29 is 4.21 Å². The van der Waals surface area contributed by atoms with Gasteiger partial charge in [0.2, 0.25) is 0 Å². The molecule has 0 saturated heterocycles. The van der Waals surface area contributed by atoms with E-state index < -0.39 is 10.8 Å². The van der Waals surface area contributed by atoms with Crippen LogP contribution in [0.2, 0.25) is 0 Å². The molecule has 98 valence electrons. The van der Waals surface area contributed by atoms with Gasteiger partial charge in [0, 0.05) is 22.3 Å². The summed E-state index contributed by atoms with van der Waals surface area (Å²) in [4.78, 5) is 0. The molecule has 1 N–H and O–H groups in total. The fraction of sp³-hybridized carbons (Fsp3) is 0.900. The number of aromatic nitrogens is 4. The molecule has 0 amide bonds. The largest absolute Gasteiger partial charge is 0.310 e. The molecule has 0 saturated carbocycles. The van der Waals surface area contributed by atoms with E-state index in [1.165, 1.54) is 0 Å². The van der Waals surface area contributed by atoms with Crippen molar-refractivity contribution in [2.24, 2.45) is 5.92 Å². The van der Waals surface area contributed by atoms with Crippen LogP contribution in [0.4, 0.5) is 0 Å². The molecule has 0 aromatic carbocycles. The highest BCUT2D eigenvalue weighted by molar-refractivity contribution is 7.84. The van der Waals surface area contributed by atoms with Crippen LogP contribution in [0.15, 0.2) is 0 Å². The van der Waals surface area contributed by atoms with E-state index in [1.54, 1.807) is 4.68 Å². The molecule has 0 aliphatic heterocycles. The molecule has 0 fully saturated rings. The summed E-state index contributed by atoms with van der Waals surface area (Å²) in [6.45, 7) is 8.44. The number of aryl methyl sites for hydroxylation is 1. The minimum Gasteiger partial charge on any atom is -0.310 e. The van der Waals surface area contributed by atoms with Crippen LogP contribution in [0.3, 0.4) is 0 Å². The maximum Gasteiger partial charge on any atom is 0.165 e. The molecule has 1 unspecified atom stereocenters. The highest BCUT2D eigenvalue weighted by Crippen LogP contribution is 1.95. The topological polar surface area (TPSA) is 72.7 Å². The zero-order valence-corrected chi connectivity index (χ0v) is 11.5. The van der Waals surface area contributed by atoms with Crippen molar-refractivity contribution >= 4 is 10.8 Å². The summed E-state index contributed by atoms with van der Waals surface area (Å²) >= 11 is 0. The molecule has 1 heterocycles. The lowest BCUT2D eigenvalue weighted by atomic mass is 10.2. The van der Waals surface area contributed by atoms with E-state index in [9.17, 15) is 4.21 Å². The molecule has 1 rings (SSSR count). The number of hydrogen-bond donors (Lipinski definition) is 1. The molecule has 0 radical (unpaired) electrons. The van der Waals surface area contributed by atoms with Gasteiger partial charge in [0.05, 0.1) is 13.1 Å². The van der Waals surface area contributed by atoms with Crippen LogP contribution in [0.5, 0.6) is 0 Å². The van der Waals surface area contributed by atoms with Crippen LogP contribution < -0.4 is 5.32 Å². The molecular weight excluding hydrogens is 238 g/mol. The number of nitrogens with one attached hydrogen (secondary N) is 1. The Morgan fingerprint density at radius 1 is 1.47 bits per heavy atom. The van der Waals surface area contributed by atoms with Crippen LogP contribution in [-0.2, 0) is 23.9 Å². The summed E-state index contributed by atoms with van der Waals surface area (Å²) < 4.78 is 13.1. The molecule has 1 aromatic heterocycles. The Morgan fingerprint density at radius 2 is 2.24 bits per heavy atom. The third-order valence-corrected chi connectivity index (χ3v) is 3.58. The van der Waals surface area contributed by atoms with E-state index in [0.717, 1.165) is 12.4 Å². The summed E-state index contributed by atoms with van der Waals surface area (Å²) in [5.41, 5.74) is 0. The monoisotopic (exact) mass is 259 g/mol. The SMILES string of the molecule is CCS(=O)CCn1nnnc1CNCC(C)C. The average molecular weight is 259 g/mol. The van der Waals surface area contributed by atoms with E-state index in [-0.39, 0.29) is 0 Å². The van der Waals surface area contributed by atoms with Gasteiger partial charge in [-0.2, -0.15) is 0 Å². The van der Waals surface area contributed by atoms with Gasteiger partial charge in [-0.15, -0.1) is 5.10 Å². The van der Waals surface area contributed by atoms with Gasteiger partial charge in [0.15, 0.2) is 5.82 Å². The summed E-state index contributed by atoms with van der Waals surface area (Å²) in [7, 11) is -0.770. The number of rotatable bonds is 8. The first-order valence-electron chi connectivity index (χ1n) is 5.94. The molecule has 0 bridgehead atoms. The van der Waals surface area contributed by atoms with E-state index in [2.05, 4.69) is 34.7 Å². The Labute approximate surface area is 105 Å². The summed E-state index contributed by atoms with van der Waals surface area (Å²) in [5.74, 6) is 2.70. The first kappa shape index (κ1) is 14.2. The van der Waals surface area contributed by atoms with E-state index in [4.69, 9.17) is 0 Å². The highest BCUT2D eigenvalue weighted by atomic mass is 32.2. The lowest BCUT2D eigenvalue weighted by Crippen LogP contribution is -2.22. The van der Waals surface area contributed by atoms with Crippen molar-refractivity contribution in [3.63, 3.8) is 0 Å². The fourth-order valence-corrected chi connectivity index (χ4v) is 1.99. The predicted molar refractivity (Wildman–Crippen MR) is 67.9 cm³/mol. The zero-order chi connectivity index (χ0) is 12.7. The Morgan fingerprint density at radius 3 is 2.88 bits per heavy atom. The third kappa shape index (κ3) is 5.36. The van der Waals surface area contributed by atoms with Gasteiger partial charge in [-0.05, 0) is 22.9 Å². The molecule has 1 aromatic rings. The van der Waals surface area contributed by atoms with Gasteiger partial charge in [-0.3, -0.25) is 4.21 Å². The molecule has 0 spiro atoms. The summed E-state index contributed by atoms with van der Waals surface area (Å²) in [5, 5.41) is 14.8. The lowest BCUT2D eigenvalue weighted by molar-refractivity contribution is 0.519. The maximum atomic E-state index is 11.3. The molecule has 0 aliphatic carbocycles. The fourth-order valence-electron chi connectivity index (χ4n) is 1.33. The third-order valence-electron chi connectivity index (χ3n) is 2.29. The van der Waals surface area contributed by atoms with Crippen LogP contribution in [0.1, 0.15) is 26.6 Å². The van der Waals surface area contributed by atoms with Crippen LogP contribution in [0, 0.1) is 5.92 Å². The van der Waals surface area contributed by atoms with Gasteiger partial charge in [-0.1, -0.05) is 20.8 Å². The highest BCUT2D eigenvalue weighted by Gasteiger charge is 2.06. The predicted octanol–water partition coefficient (Wildman–Crippen LogP) is 0.187. The number of hydrogen-bond acceptors (Lipinski definition) is 5. The molecule has 0 aliphatic rings. The second-order valence-corrected chi connectivity index (χ2v) is 6.14. The Balaban J connectivity index is 2.40. The zero-order valence-electron chi connectivity index (χ0n) is 10.7. The first-order chi connectivity index (χ1) is 8.13. The van der Waals surface area contributed by atoms with Crippen molar-refractivity contribution in [3.05, 3.63) is 5.82 Å². The molecule has 17 heavy (non-hydrogen) atoms. The van der Waals surface area contributed by atoms with Gasteiger partial charge in [0.25, 0.3) is 0 Å². The quantitative estimate of drug-likeness (QED) is 0.721. The first-order valence-corrected chi connectivity index (χ1v) is 7.43. The standard InChI is InChI=1S/C10H21N5OS/c1-4-17(16)6-5-15-10(12-13-14-15)8-11-7-9(2)3/h9,11H,4-8H2,1-3H3. The molecule has 1 atom stereocenters. The van der Waals surface area contributed by atoms with Gasteiger partial charge in [0.1, 0.15) is 0 Å². The van der Waals surface area contributed by atoms with E-state index in [1.807, 2.05) is 6.92 Å². The van der Waals surface area contributed by atoms with Gasteiger partial charge < -0.3 is 5.32 Å². The number of tetrazole rings is 1. The minimum atomic E-state index is -0.770. The second-order valence-electron chi connectivity index (χ2n) is 4.28. The number of nitrogens with zero attached hydrogens (tertiary/aromatic N) is 4. The van der Waals surface area contributed by atoms with Gasteiger partial charge in [-0.25, -0.2) is 4.68 Å². The second kappa shape index (κ2) is 7.50. The van der Waals surface area contributed by atoms with Gasteiger partial charge >= 0.3 is 0 Å². The normalized spacial score (nSPS) is 13.2. The van der Waals surface area contributed by atoms with Crippen LogP contribution >= 0.6 is 0 Å². The smallest absolute Gasteiger partial charge is 0.165 e. The summed E-state index contributed by atoms with van der Waals surface area (Å²) in [6.07, 6.45) is 0. The summed E-state index contributed by atoms with van der Waals surface area (Å²) in [6, 6.07) is 0. The van der Waals surface area contributed by atoms with Crippen molar-refractivity contribution in [1.29, 1.82) is 0 Å². The Bertz CT molecular complexity index is 352. The van der Waals surface area contributed by atoms with E-state index >= 15 is 0 Å². The minimum absolute atomic E-state index is 0.604. The average Bonchev–Trinajstić information content (AvgIpc) is 2.73. The van der Waals surface area contributed by atoms with Crippen molar-refractivity contribution in [3.8, 4) is 0 Å². The van der Waals surface area contributed by atoms with E-state index in [0.29, 0.717) is 30.5 Å². The van der Waals surface area contributed by atoms with Crippen molar-refractivity contribution in [1.82, 2.24) is 25.5 Å². The maximum absolute atomic E-state index is 11.3. The van der Waals surface area contributed by atoms with Crippen molar-refractivity contribution in [2.45, 2.75) is 33.9 Å². The molecule has 6 nitrogen and oxygen atoms in total.